The van der Waals surface area contributed by atoms with Gasteiger partial charge in [-0.2, -0.15) is 0 Å². The monoisotopic (exact) mass is 290 g/mol. The van der Waals surface area contributed by atoms with Crippen molar-refractivity contribution in [3.8, 4) is 0 Å². The zero-order valence-corrected chi connectivity index (χ0v) is 11.3. The number of non-ortho nitro benzene ring substituents is 1. The van der Waals surface area contributed by atoms with Crippen LogP contribution < -0.4 is 0 Å². The van der Waals surface area contributed by atoms with E-state index in [1.807, 2.05) is 6.92 Å². The lowest BCUT2D eigenvalue weighted by Gasteiger charge is -2.05. The average molecular weight is 290 g/mol. The van der Waals surface area contributed by atoms with Gasteiger partial charge in [0, 0.05) is 28.1 Å². The highest BCUT2D eigenvalue weighted by Gasteiger charge is 2.11. The molecular weight excluding hydrogens is 280 g/mol. The lowest BCUT2D eigenvalue weighted by atomic mass is 10.2. The van der Waals surface area contributed by atoms with Crippen LogP contribution in [0.2, 0.25) is 0 Å². The van der Waals surface area contributed by atoms with Gasteiger partial charge in [-0.05, 0) is 24.6 Å². The summed E-state index contributed by atoms with van der Waals surface area (Å²) in [6, 6.07) is 7.68. The Kier molecular flexibility index (Phi) is 3.99. The fraction of sp³-hybridized carbons (Fsp3) is 0.0769. The minimum absolute atomic E-state index is 0.00520. The van der Waals surface area contributed by atoms with Gasteiger partial charge in [-0.1, -0.05) is 17.8 Å². The second-order valence-corrected chi connectivity index (χ2v) is 5.11. The van der Waals surface area contributed by atoms with Gasteiger partial charge < -0.3 is 5.11 Å². The standard InChI is InChI=1S/C13H10N2O4S/c1-8-2-3-9(15(18)19)6-12(8)20-10-4-5-14-11(7-10)13(16)17/h2-7H,1H3,(H,16,17). The zero-order valence-electron chi connectivity index (χ0n) is 10.4. The molecule has 0 saturated carbocycles. The van der Waals surface area contributed by atoms with Gasteiger partial charge >= 0.3 is 5.97 Å². The van der Waals surface area contributed by atoms with Crippen LogP contribution in [0.15, 0.2) is 46.3 Å². The Morgan fingerprint density at radius 1 is 1.35 bits per heavy atom. The Hall–Kier alpha value is -2.41. The van der Waals surface area contributed by atoms with Gasteiger partial charge in [-0.3, -0.25) is 10.1 Å². The number of nitro groups is 1. The normalized spacial score (nSPS) is 10.2. The summed E-state index contributed by atoms with van der Waals surface area (Å²) >= 11 is 1.27. The number of carboxylic acids is 1. The molecule has 1 heterocycles. The molecule has 20 heavy (non-hydrogen) atoms. The van der Waals surface area contributed by atoms with E-state index in [-0.39, 0.29) is 11.4 Å². The van der Waals surface area contributed by atoms with E-state index in [1.54, 1.807) is 12.1 Å². The van der Waals surface area contributed by atoms with E-state index in [4.69, 9.17) is 5.11 Å². The number of nitrogens with zero attached hydrogens (tertiary/aromatic N) is 2. The molecule has 0 atom stereocenters. The van der Waals surface area contributed by atoms with Crippen molar-refractivity contribution in [3.63, 3.8) is 0 Å². The number of carbonyl (C=O) groups is 1. The molecule has 102 valence electrons. The van der Waals surface area contributed by atoms with Gasteiger partial charge in [0.25, 0.3) is 5.69 Å². The lowest BCUT2D eigenvalue weighted by Crippen LogP contribution is -1.99. The van der Waals surface area contributed by atoms with Gasteiger partial charge in [-0.25, -0.2) is 9.78 Å². The molecule has 0 saturated heterocycles. The van der Waals surface area contributed by atoms with Crippen LogP contribution in [0.1, 0.15) is 16.1 Å². The summed E-state index contributed by atoms with van der Waals surface area (Å²) in [4.78, 5) is 26.3. The van der Waals surface area contributed by atoms with E-state index in [9.17, 15) is 14.9 Å². The maximum Gasteiger partial charge on any atom is 0.354 e. The van der Waals surface area contributed by atoms with Crippen LogP contribution >= 0.6 is 11.8 Å². The predicted molar refractivity (Wildman–Crippen MR) is 73.2 cm³/mol. The maximum atomic E-state index is 10.9. The molecule has 6 nitrogen and oxygen atoms in total. The molecule has 0 aliphatic heterocycles. The van der Waals surface area contributed by atoms with Crippen LogP contribution in [0.3, 0.4) is 0 Å². The molecule has 2 aromatic rings. The summed E-state index contributed by atoms with van der Waals surface area (Å²) in [5.41, 5.74) is 0.831. The molecule has 2 rings (SSSR count). The highest BCUT2D eigenvalue weighted by molar-refractivity contribution is 7.99. The van der Waals surface area contributed by atoms with Crippen molar-refractivity contribution in [2.45, 2.75) is 16.7 Å². The summed E-state index contributed by atoms with van der Waals surface area (Å²) in [6.45, 7) is 1.84. The Balaban J connectivity index is 2.34. The summed E-state index contributed by atoms with van der Waals surface area (Å²) in [7, 11) is 0. The van der Waals surface area contributed by atoms with Gasteiger partial charge in [0.05, 0.1) is 4.92 Å². The Bertz CT molecular complexity index is 688. The number of rotatable bonds is 4. The fourth-order valence-electron chi connectivity index (χ4n) is 1.53. The molecule has 1 aromatic carbocycles. The van der Waals surface area contributed by atoms with Gasteiger partial charge in [0.15, 0.2) is 0 Å². The number of carboxylic acid groups (broad SMARTS) is 1. The number of nitro benzene ring substituents is 1. The summed E-state index contributed by atoms with van der Waals surface area (Å²) in [5.74, 6) is -1.11. The molecule has 0 spiro atoms. The number of benzene rings is 1. The van der Waals surface area contributed by atoms with E-state index < -0.39 is 10.9 Å². The maximum absolute atomic E-state index is 10.9. The topological polar surface area (TPSA) is 93.3 Å². The molecule has 0 unspecified atom stereocenters. The van der Waals surface area contributed by atoms with Crippen molar-refractivity contribution in [2.75, 3.05) is 0 Å². The van der Waals surface area contributed by atoms with Crippen LogP contribution in [-0.4, -0.2) is 21.0 Å². The lowest BCUT2D eigenvalue weighted by molar-refractivity contribution is -0.385. The third kappa shape index (κ3) is 3.12. The van der Waals surface area contributed by atoms with E-state index >= 15 is 0 Å². The smallest absolute Gasteiger partial charge is 0.354 e. The quantitative estimate of drug-likeness (QED) is 0.686. The van der Waals surface area contributed by atoms with Crippen molar-refractivity contribution < 1.29 is 14.8 Å². The molecule has 0 aliphatic rings. The van der Waals surface area contributed by atoms with Crippen molar-refractivity contribution in [2.24, 2.45) is 0 Å². The summed E-state index contributed by atoms with van der Waals surface area (Å²) in [5, 5.41) is 19.7. The van der Waals surface area contributed by atoms with E-state index in [1.165, 1.54) is 36.2 Å². The van der Waals surface area contributed by atoms with Crippen molar-refractivity contribution in [1.29, 1.82) is 0 Å². The van der Waals surface area contributed by atoms with Crippen molar-refractivity contribution in [3.05, 3.63) is 57.9 Å². The van der Waals surface area contributed by atoms with E-state index in [2.05, 4.69) is 4.98 Å². The molecule has 0 radical (unpaired) electrons. The summed E-state index contributed by atoms with van der Waals surface area (Å²) in [6.07, 6.45) is 1.40. The number of aromatic carboxylic acids is 1. The first kappa shape index (κ1) is 14.0. The minimum Gasteiger partial charge on any atom is -0.477 e. The van der Waals surface area contributed by atoms with Crippen LogP contribution in [0, 0.1) is 17.0 Å². The minimum atomic E-state index is -1.11. The van der Waals surface area contributed by atoms with E-state index in [0.29, 0.717) is 9.79 Å². The van der Waals surface area contributed by atoms with Gasteiger partial charge in [0.1, 0.15) is 5.69 Å². The zero-order chi connectivity index (χ0) is 14.7. The molecule has 0 amide bonds. The molecule has 0 aliphatic carbocycles. The van der Waals surface area contributed by atoms with Crippen molar-refractivity contribution >= 4 is 23.4 Å². The number of pyridine rings is 1. The van der Waals surface area contributed by atoms with Crippen molar-refractivity contribution in [1.82, 2.24) is 4.98 Å². The first-order valence-corrected chi connectivity index (χ1v) is 6.41. The Morgan fingerprint density at radius 2 is 2.10 bits per heavy atom. The molecule has 0 bridgehead atoms. The van der Waals surface area contributed by atoms with Gasteiger partial charge in [0.2, 0.25) is 0 Å². The first-order valence-electron chi connectivity index (χ1n) is 5.59. The third-order valence-electron chi connectivity index (χ3n) is 2.56. The second kappa shape index (κ2) is 5.70. The Morgan fingerprint density at radius 3 is 2.75 bits per heavy atom. The van der Waals surface area contributed by atoms with E-state index in [0.717, 1.165) is 5.56 Å². The number of aromatic nitrogens is 1. The molecule has 7 heteroatoms. The largest absolute Gasteiger partial charge is 0.477 e. The summed E-state index contributed by atoms with van der Waals surface area (Å²) < 4.78 is 0. The number of hydrogen-bond donors (Lipinski definition) is 1. The second-order valence-electron chi connectivity index (χ2n) is 3.99. The fourth-order valence-corrected chi connectivity index (χ4v) is 2.49. The van der Waals surface area contributed by atoms with Crippen LogP contribution in [0.4, 0.5) is 5.69 Å². The third-order valence-corrected chi connectivity index (χ3v) is 3.71. The van der Waals surface area contributed by atoms with Gasteiger partial charge in [-0.15, -0.1) is 0 Å². The number of aryl methyl sites for hydroxylation is 1. The molecule has 1 aromatic heterocycles. The average Bonchev–Trinajstić information content (AvgIpc) is 2.41. The van der Waals surface area contributed by atoms with Crippen LogP contribution in [-0.2, 0) is 0 Å². The highest BCUT2D eigenvalue weighted by Crippen LogP contribution is 2.32. The number of hydrogen-bond acceptors (Lipinski definition) is 5. The molecular formula is C13H10N2O4S. The Labute approximate surface area is 118 Å². The molecule has 0 fully saturated rings. The van der Waals surface area contributed by atoms with Crippen LogP contribution in [0.25, 0.3) is 0 Å². The highest BCUT2D eigenvalue weighted by atomic mass is 32.2. The van der Waals surface area contributed by atoms with Crippen LogP contribution in [0.5, 0.6) is 0 Å². The molecule has 1 N–H and O–H groups in total. The SMILES string of the molecule is Cc1ccc([N+](=O)[O-])cc1Sc1ccnc(C(=O)O)c1. The predicted octanol–water partition coefficient (Wildman–Crippen LogP) is 3.15. The first-order chi connectivity index (χ1) is 9.47.